The smallest absolute Gasteiger partial charge is 0.242 e. The maximum Gasteiger partial charge on any atom is 0.242 e. The molecular formula is C41H53N5O7. The molecule has 6 N–H and O–H groups in total. The average Bonchev–Trinajstić information content (AvgIpc) is 3.20. The lowest BCUT2D eigenvalue weighted by molar-refractivity contribution is -0.130. The molecule has 0 saturated heterocycles. The molecular weight excluding hydrogens is 674 g/mol. The molecule has 3 aromatic rings. The first-order chi connectivity index (χ1) is 25.8. The summed E-state index contributed by atoms with van der Waals surface area (Å²) in [7, 11) is 0. The van der Waals surface area contributed by atoms with Crippen LogP contribution in [0.25, 0.3) is 0 Å². The van der Waals surface area contributed by atoms with Gasteiger partial charge in [-0.3, -0.25) is 34.1 Å². The van der Waals surface area contributed by atoms with Gasteiger partial charge in [-0.1, -0.05) is 97.4 Å². The van der Waals surface area contributed by atoms with Crippen LogP contribution in [-0.4, -0.2) is 98.0 Å². The Kier molecular flexibility index (Phi) is 20.2. The summed E-state index contributed by atoms with van der Waals surface area (Å²) in [6.07, 6.45) is 3.71. The van der Waals surface area contributed by atoms with E-state index < -0.39 is 30.5 Å². The maximum atomic E-state index is 13.7. The van der Waals surface area contributed by atoms with Crippen LogP contribution < -0.4 is 26.6 Å². The molecule has 3 rings (SSSR count). The van der Waals surface area contributed by atoms with Crippen LogP contribution in [0.3, 0.4) is 0 Å². The van der Waals surface area contributed by atoms with E-state index in [1.54, 1.807) is 48.5 Å². The molecule has 0 aliphatic carbocycles. The molecule has 53 heavy (non-hydrogen) atoms. The third-order valence-corrected chi connectivity index (χ3v) is 8.62. The molecule has 12 nitrogen and oxygen atoms in total. The van der Waals surface area contributed by atoms with Gasteiger partial charge in [-0.05, 0) is 51.6 Å². The first kappa shape index (κ1) is 42.5. The summed E-state index contributed by atoms with van der Waals surface area (Å²) in [4.78, 5) is 76.2. The number of aliphatic hydroxyl groups is 1. The van der Waals surface area contributed by atoms with Gasteiger partial charge in [0.2, 0.25) is 11.8 Å². The Labute approximate surface area is 311 Å². The Morgan fingerprint density at radius 1 is 0.509 bits per heavy atom. The molecule has 2 atom stereocenters. The minimum absolute atomic E-state index is 0.00952. The Morgan fingerprint density at radius 3 is 1.43 bits per heavy atom. The molecule has 0 aromatic heterocycles. The van der Waals surface area contributed by atoms with Gasteiger partial charge in [-0.15, -0.1) is 0 Å². The zero-order chi connectivity index (χ0) is 38.1. The van der Waals surface area contributed by atoms with Crippen molar-refractivity contribution in [2.45, 2.75) is 63.5 Å². The quantitative estimate of drug-likeness (QED) is 0.0481. The Bertz CT molecular complexity index is 1570. The van der Waals surface area contributed by atoms with Gasteiger partial charge in [0, 0.05) is 29.7 Å². The van der Waals surface area contributed by atoms with Gasteiger partial charge in [0.05, 0.1) is 25.7 Å². The van der Waals surface area contributed by atoms with E-state index in [1.165, 1.54) is 0 Å². The lowest BCUT2D eigenvalue weighted by atomic mass is 10.0. The number of aliphatic hydroxyl groups excluding tert-OH is 1. The highest BCUT2D eigenvalue weighted by Gasteiger charge is 2.26. The van der Waals surface area contributed by atoms with Crippen molar-refractivity contribution in [2.24, 2.45) is 0 Å². The molecule has 0 aliphatic rings. The summed E-state index contributed by atoms with van der Waals surface area (Å²) in [5.74, 6) is -1.33. The SMILES string of the molecule is O=C(CO)CCCNC(=O)C(CCCCNCC(=O)c1ccccc1)NC(=O)C(CCCCNCC(=O)c1ccccc1)NCC(=O)c1ccccc1. The summed E-state index contributed by atoms with van der Waals surface area (Å²) in [6.45, 7) is 1.06. The summed E-state index contributed by atoms with van der Waals surface area (Å²) in [5, 5.41) is 24.1. The van der Waals surface area contributed by atoms with Gasteiger partial charge in [0.1, 0.15) is 12.6 Å². The van der Waals surface area contributed by atoms with Crippen LogP contribution in [0.5, 0.6) is 0 Å². The van der Waals surface area contributed by atoms with E-state index in [2.05, 4.69) is 26.6 Å². The molecule has 2 unspecified atom stereocenters. The number of hydrogen-bond acceptors (Lipinski definition) is 10. The van der Waals surface area contributed by atoms with Crippen LogP contribution in [0.1, 0.15) is 82.4 Å². The van der Waals surface area contributed by atoms with Crippen molar-refractivity contribution in [3.63, 3.8) is 0 Å². The average molecular weight is 728 g/mol. The van der Waals surface area contributed by atoms with E-state index >= 15 is 0 Å². The molecule has 12 heteroatoms. The van der Waals surface area contributed by atoms with Gasteiger partial charge < -0.3 is 26.4 Å². The third kappa shape index (κ3) is 17.0. The lowest BCUT2D eigenvalue weighted by Crippen LogP contribution is -2.53. The predicted octanol–water partition coefficient (Wildman–Crippen LogP) is 3.06. The number of carbonyl (C=O) groups is 6. The summed E-state index contributed by atoms with van der Waals surface area (Å²) in [5.41, 5.74) is 1.78. The van der Waals surface area contributed by atoms with E-state index in [0.717, 1.165) is 0 Å². The molecule has 0 heterocycles. The lowest BCUT2D eigenvalue weighted by Gasteiger charge is -2.23. The van der Waals surface area contributed by atoms with E-state index in [0.29, 0.717) is 74.7 Å². The first-order valence-corrected chi connectivity index (χ1v) is 18.4. The molecule has 284 valence electrons. The Hall–Kier alpha value is -4.88. The van der Waals surface area contributed by atoms with Crippen LogP contribution in [-0.2, 0) is 14.4 Å². The van der Waals surface area contributed by atoms with Crippen molar-refractivity contribution in [3.05, 3.63) is 108 Å². The number of Topliss-reactive ketones (excluding diaryl/α,β-unsaturated/α-hetero) is 4. The molecule has 2 amide bonds. The van der Waals surface area contributed by atoms with Crippen molar-refractivity contribution in [1.82, 2.24) is 26.6 Å². The highest BCUT2D eigenvalue weighted by atomic mass is 16.3. The van der Waals surface area contributed by atoms with Crippen LogP contribution in [0.2, 0.25) is 0 Å². The van der Waals surface area contributed by atoms with Crippen LogP contribution >= 0.6 is 0 Å². The van der Waals surface area contributed by atoms with Gasteiger partial charge in [-0.25, -0.2) is 0 Å². The largest absolute Gasteiger partial charge is 0.389 e. The number of unbranched alkanes of at least 4 members (excludes halogenated alkanes) is 2. The summed E-state index contributed by atoms with van der Waals surface area (Å²) >= 11 is 0. The van der Waals surface area contributed by atoms with Crippen LogP contribution in [0, 0.1) is 0 Å². The van der Waals surface area contributed by atoms with Gasteiger partial charge in [0.15, 0.2) is 23.1 Å². The van der Waals surface area contributed by atoms with Gasteiger partial charge >= 0.3 is 0 Å². The highest BCUT2D eigenvalue weighted by molar-refractivity contribution is 5.99. The first-order valence-electron chi connectivity index (χ1n) is 18.4. The molecule has 3 aromatic carbocycles. The zero-order valence-corrected chi connectivity index (χ0v) is 30.3. The predicted molar refractivity (Wildman–Crippen MR) is 204 cm³/mol. The molecule has 0 aliphatic heterocycles. The second-order valence-electron chi connectivity index (χ2n) is 12.8. The number of rotatable bonds is 28. The van der Waals surface area contributed by atoms with Crippen molar-refractivity contribution in [3.8, 4) is 0 Å². The number of ketones is 4. The fourth-order valence-electron chi connectivity index (χ4n) is 5.56. The molecule has 0 fully saturated rings. The number of nitrogens with one attached hydrogen (secondary N) is 5. The fraction of sp³-hybridized carbons (Fsp3) is 0.415. The minimum Gasteiger partial charge on any atom is -0.389 e. The van der Waals surface area contributed by atoms with E-state index in [-0.39, 0.29) is 55.7 Å². The van der Waals surface area contributed by atoms with Crippen molar-refractivity contribution in [1.29, 1.82) is 0 Å². The van der Waals surface area contributed by atoms with E-state index in [9.17, 15) is 28.8 Å². The highest BCUT2D eigenvalue weighted by Crippen LogP contribution is 2.08. The number of benzene rings is 3. The van der Waals surface area contributed by atoms with Crippen LogP contribution in [0.15, 0.2) is 91.0 Å². The minimum atomic E-state index is -0.873. The van der Waals surface area contributed by atoms with E-state index in [1.807, 2.05) is 42.5 Å². The van der Waals surface area contributed by atoms with Gasteiger partial charge in [-0.2, -0.15) is 0 Å². The summed E-state index contributed by atoms with van der Waals surface area (Å²) in [6, 6.07) is 25.2. The monoisotopic (exact) mass is 727 g/mol. The number of amides is 2. The standard InChI is InChI=1S/C41H53N5O7/c47-30-34(48)21-14-26-44-40(52)36(23-11-13-25-43-28-38(50)32-17-6-2-7-18-32)46-41(53)35(45-29-39(51)33-19-8-3-9-20-33)22-10-12-24-42-27-37(49)31-15-4-1-5-16-31/h1-9,15-20,35-36,42-43,45,47H,10-14,21-30H2,(H,44,52)(H,46,53). The molecule has 0 saturated carbocycles. The zero-order valence-electron chi connectivity index (χ0n) is 30.3. The summed E-state index contributed by atoms with van der Waals surface area (Å²) < 4.78 is 0. The Balaban J connectivity index is 1.56. The molecule has 0 radical (unpaired) electrons. The fourth-order valence-corrected chi connectivity index (χ4v) is 5.56. The normalized spacial score (nSPS) is 12.0. The van der Waals surface area contributed by atoms with Crippen molar-refractivity contribution < 1.29 is 33.9 Å². The maximum absolute atomic E-state index is 13.7. The second kappa shape index (κ2) is 25.2. The van der Waals surface area contributed by atoms with E-state index in [4.69, 9.17) is 5.11 Å². The van der Waals surface area contributed by atoms with Crippen molar-refractivity contribution >= 4 is 34.9 Å². The number of hydrogen-bond donors (Lipinski definition) is 6. The third-order valence-electron chi connectivity index (χ3n) is 8.62. The Morgan fingerprint density at radius 2 is 0.962 bits per heavy atom. The van der Waals surface area contributed by atoms with Gasteiger partial charge in [0.25, 0.3) is 0 Å². The number of carbonyl (C=O) groups excluding carboxylic acids is 6. The topological polar surface area (TPSA) is 183 Å². The molecule has 0 spiro atoms. The van der Waals surface area contributed by atoms with Crippen LogP contribution in [0.4, 0.5) is 0 Å². The van der Waals surface area contributed by atoms with Crippen molar-refractivity contribution in [2.75, 3.05) is 45.9 Å². The second-order valence-corrected chi connectivity index (χ2v) is 12.8. The molecule has 0 bridgehead atoms.